The molecule has 1 heterocycles. The van der Waals surface area contributed by atoms with E-state index in [1.165, 1.54) is 16.3 Å². The molecular formula is C22H23N3O. The van der Waals surface area contributed by atoms with Crippen molar-refractivity contribution in [3.63, 3.8) is 0 Å². The van der Waals surface area contributed by atoms with Gasteiger partial charge in [0.1, 0.15) is 11.6 Å². The van der Waals surface area contributed by atoms with Crippen LogP contribution in [0.5, 0.6) is 5.75 Å². The molecule has 4 nitrogen and oxygen atoms in total. The van der Waals surface area contributed by atoms with Crippen LogP contribution in [0.4, 0.5) is 0 Å². The summed E-state index contributed by atoms with van der Waals surface area (Å²) in [5.41, 5.74) is 3.33. The summed E-state index contributed by atoms with van der Waals surface area (Å²) in [6.07, 6.45) is 0.864. The van der Waals surface area contributed by atoms with Gasteiger partial charge in [-0.2, -0.15) is 0 Å². The maximum absolute atomic E-state index is 5.84. The van der Waals surface area contributed by atoms with Gasteiger partial charge in [-0.3, -0.25) is 0 Å². The summed E-state index contributed by atoms with van der Waals surface area (Å²) in [6.45, 7) is 4.32. The second-order valence-electron chi connectivity index (χ2n) is 6.32. The Kier molecular flexibility index (Phi) is 4.84. The van der Waals surface area contributed by atoms with Crippen molar-refractivity contribution in [3.8, 4) is 5.75 Å². The van der Waals surface area contributed by atoms with E-state index in [-0.39, 0.29) is 0 Å². The van der Waals surface area contributed by atoms with Gasteiger partial charge in [0, 0.05) is 25.1 Å². The Morgan fingerprint density at radius 1 is 1.00 bits per heavy atom. The number of ether oxygens (including phenoxy) is 1. The zero-order valence-corrected chi connectivity index (χ0v) is 15.0. The van der Waals surface area contributed by atoms with Crippen LogP contribution in [0.1, 0.15) is 18.3 Å². The highest BCUT2D eigenvalue weighted by Gasteiger charge is 2.09. The van der Waals surface area contributed by atoms with Crippen molar-refractivity contribution in [1.29, 1.82) is 0 Å². The number of benzene rings is 3. The monoisotopic (exact) mass is 345 g/mol. The van der Waals surface area contributed by atoms with Gasteiger partial charge in [-0.05, 0) is 35.9 Å². The highest BCUT2D eigenvalue weighted by Crippen LogP contribution is 2.28. The Morgan fingerprint density at radius 3 is 2.73 bits per heavy atom. The molecule has 0 atom stereocenters. The fourth-order valence-electron chi connectivity index (χ4n) is 3.33. The summed E-state index contributed by atoms with van der Waals surface area (Å²) in [7, 11) is 0. The third kappa shape index (κ3) is 3.41. The van der Waals surface area contributed by atoms with E-state index in [2.05, 4.69) is 57.7 Å². The van der Waals surface area contributed by atoms with E-state index in [4.69, 9.17) is 4.74 Å². The molecule has 0 aliphatic heterocycles. The maximum Gasteiger partial charge on any atom is 0.124 e. The quantitative estimate of drug-likeness (QED) is 0.487. The topological polar surface area (TPSA) is 49.9 Å². The fraction of sp³-hybridized carbons (Fsp3) is 0.227. The third-order valence-electron chi connectivity index (χ3n) is 4.58. The van der Waals surface area contributed by atoms with E-state index in [9.17, 15) is 0 Å². The van der Waals surface area contributed by atoms with Crippen LogP contribution in [0.2, 0.25) is 0 Å². The number of hydrogen-bond donors (Lipinski definition) is 2. The van der Waals surface area contributed by atoms with Crippen LogP contribution in [-0.4, -0.2) is 23.1 Å². The molecule has 0 amide bonds. The molecule has 0 spiro atoms. The van der Waals surface area contributed by atoms with Gasteiger partial charge >= 0.3 is 0 Å². The van der Waals surface area contributed by atoms with Gasteiger partial charge in [0.05, 0.1) is 17.6 Å². The Labute approximate surface area is 153 Å². The summed E-state index contributed by atoms with van der Waals surface area (Å²) in [6, 6.07) is 20.8. The second-order valence-corrected chi connectivity index (χ2v) is 6.32. The molecule has 0 fully saturated rings. The van der Waals surface area contributed by atoms with E-state index in [0.29, 0.717) is 6.61 Å². The lowest BCUT2D eigenvalue weighted by atomic mass is 10.0. The molecular weight excluding hydrogens is 322 g/mol. The van der Waals surface area contributed by atoms with Gasteiger partial charge in [-0.25, -0.2) is 4.98 Å². The Morgan fingerprint density at radius 2 is 1.85 bits per heavy atom. The summed E-state index contributed by atoms with van der Waals surface area (Å²) >= 11 is 0. The van der Waals surface area contributed by atoms with Crippen molar-refractivity contribution in [3.05, 3.63) is 72.1 Å². The molecule has 1 aromatic heterocycles. The van der Waals surface area contributed by atoms with Crippen molar-refractivity contribution in [2.24, 2.45) is 0 Å². The zero-order chi connectivity index (χ0) is 17.8. The van der Waals surface area contributed by atoms with Crippen molar-refractivity contribution < 1.29 is 4.74 Å². The molecule has 0 bridgehead atoms. The van der Waals surface area contributed by atoms with E-state index < -0.39 is 0 Å². The fourth-order valence-corrected chi connectivity index (χ4v) is 3.33. The van der Waals surface area contributed by atoms with Gasteiger partial charge in [-0.15, -0.1) is 0 Å². The normalized spacial score (nSPS) is 11.3. The van der Waals surface area contributed by atoms with Crippen LogP contribution in [0, 0.1) is 0 Å². The lowest BCUT2D eigenvalue weighted by Crippen LogP contribution is -2.18. The van der Waals surface area contributed by atoms with Crippen LogP contribution in [0.25, 0.3) is 21.8 Å². The second kappa shape index (κ2) is 7.58. The van der Waals surface area contributed by atoms with Crippen LogP contribution < -0.4 is 10.1 Å². The van der Waals surface area contributed by atoms with Crippen LogP contribution in [-0.2, 0) is 13.0 Å². The maximum atomic E-state index is 5.84. The van der Waals surface area contributed by atoms with E-state index in [1.807, 2.05) is 25.1 Å². The van der Waals surface area contributed by atoms with E-state index >= 15 is 0 Å². The number of nitrogens with one attached hydrogen (secondary N) is 2. The number of nitrogens with zero attached hydrogens (tertiary/aromatic N) is 1. The van der Waals surface area contributed by atoms with E-state index in [0.717, 1.165) is 42.1 Å². The molecule has 2 N–H and O–H groups in total. The van der Waals surface area contributed by atoms with Crippen LogP contribution in [0.15, 0.2) is 60.7 Å². The first-order valence-electron chi connectivity index (χ1n) is 9.13. The number of hydrogen-bond acceptors (Lipinski definition) is 3. The number of aromatic nitrogens is 2. The van der Waals surface area contributed by atoms with Gasteiger partial charge in [0.15, 0.2) is 0 Å². The third-order valence-corrected chi connectivity index (χ3v) is 4.58. The first kappa shape index (κ1) is 16.6. The molecule has 0 radical (unpaired) electrons. The lowest BCUT2D eigenvalue weighted by molar-refractivity contribution is 0.336. The van der Waals surface area contributed by atoms with Gasteiger partial charge in [-0.1, -0.05) is 42.5 Å². The highest BCUT2D eigenvalue weighted by molar-refractivity contribution is 5.87. The predicted molar refractivity (Wildman–Crippen MR) is 107 cm³/mol. The smallest absolute Gasteiger partial charge is 0.124 e. The lowest BCUT2D eigenvalue weighted by Gasteiger charge is -2.14. The van der Waals surface area contributed by atoms with Gasteiger partial charge in [0.2, 0.25) is 0 Å². The first-order chi connectivity index (χ1) is 12.8. The van der Waals surface area contributed by atoms with Crippen LogP contribution >= 0.6 is 0 Å². The molecule has 0 saturated heterocycles. The molecule has 3 aromatic carbocycles. The number of aromatic amines is 1. The Hall–Kier alpha value is -2.85. The Bertz CT molecular complexity index is 989. The van der Waals surface area contributed by atoms with Gasteiger partial charge < -0.3 is 15.0 Å². The highest BCUT2D eigenvalue weighted by atomic mass is 16.5. The molecule has 0 saturated carbocycles. The number of H-pyrrole nitrogens is 1. The van der Waals surface area contributed by atoms with Crippen molar-refractivity contribution in [1.82, 2.24) is 15.3 Å². The molecule has 0 unspecified atom stereocenters. The molecule has 26 heavy (non-hydrogen) atoms. The van der Waals surface area contributed by atoms with Crippen molar-refractivity contribution in [2.45, 2.75) is 19.9 Å². The molecule has 0 aliphatic carbocycles. The number of rotatable bonds is 7. The Balaban J connectivity index is 1.46. The average molecular weight is 345 g/mol. The molecule has 132 valence electrons. The van der Waals surface area contributed by atoms with Gasteiger partial charge in [0.25, 0.3) is 0 Å². The SMILES string of the molecule is CCOc1ccc2ccccc2c1CNCCc1nc2ccccc2[nH]1. The summed E-state index contributed by atoms with van der Waals surface area (Å²) in [5.74, 6) is 1.98. The number of para-hydroxylation sites is 2. The molecule has 4 aromatic rings. The molecule has 4 heteroatoms. The minimum atomic E-state index is 0.671. The molecule has 4 rings (SSSR count). The standard InChI is InChI=1S/C22H23N3O/c1-2-26-21-12-11-16-7-3-4-8-17(16)18(21)15-23-14-13-22-24-19-9-5-6-10-20(19)25-22/h3-12,23H,2,13-15H2,1H3,(H,24,25). The zero-order valence-electron chi connectivity index (χ0n) is 15.0. The minimum Gasteiger partial charge on any atom is -0.494 e. The summed E-state index contributed by atoms with van der Waals surface area (Å²) < 4.78 is 5.84. The number of imidazole rings is 1. The average Bonchev–Trinajstić information content (AvgIpc) is 3.09. The molecule has 0 aliphatic rings. The minimum absolute atomic E-state index is 0.671. The summed E-state index contributed by atoms with van der Waals surface area (Å²) in [5, 5.41) is 6.03. The number of fused-ring (bicyclic) bond motifs is 2. The predicted octanol–water partition coefficient (Wildman–Crippen LogP) is 4.45. The first-order valence-corrected chi connectivity index (χ1v) is 9.13. The van der Waals surface area contributed by atoms with Crippen molar-refractivity contribution >= 4 is 21.8 Å². The summed E-state index contributed by atoms with van der Waals surface area (Å²) in [4.78, 5) is 8.01. The van der Waals surface area contributed by atoms with E-state index in [1.54, 1.807) is 0 Å². The largest absolute Gasteiger partial charge is 0.494 e. The van der Waals surface area contributed by atoms with Crippen molar-refractivity contribution in [2.75, 3.05) is 13.2 Å². The van der Waals surface area contributed by atoms with Crippen LogP contribution in [0.3, 0.4) is 0 Å².